The molecule has 0 radical (unpaired) electrons. The zero-order chi connectivity index (χ0) is 15.4. The van der Waals surface area contributed by atoms with E-state index in [1.165, 1.54) is 24.6 Å². The van der Waals surface area contributed by atoms with Gasteiger partial charge in [0, 0.05) is 11.7 Å². The van der Waals surface area contributed by atoms with Crippen LogP contribution in [-0.2, 0) is 4.79 Å². The van der Waals surface area contributed by atoms with Crippen molar-refractivity contribution < 1.29 is 4.79 Å². The molecule has 2 aromatic rings. The first-order valence-corrected chi connectivity index (χ1v) is 8.54. The number of para-hydroxylation sites is 1. The van der Waals surface area contributed by atoms with Crippen LogP contribution < -0.4 is 5.32 Å². The van der Waals surface area contributed by atoms with Crippen molar-refractivity contribution in [2.45, 2.75) is 49.1 Å². The third-order valence-corrected chi connectivity index (χ3v) is 4.96. The van der Waals surface area contributed by atoms with Crippen molar-refractivity contribution in [1.82, 2.24) is 20.1 Å². The van der Waals surface area contributed by atoms with Gasteiger partial charge in [0.25, 0.3) is 0 Å². The molecule has 1 aliphatic rings. The SMILES string of the molecule is CC(Sc1nncn1-c1ccccc1)C(=O)NC1CCCC1. The number of thioether (sulfide) groups is 1. The number of rotatable bonds is 5. The van der Waals surface area contributed by atoms with Crippen LogP contribution in [0.2, 0.25) is 0 Å². The summed E-state index contributed by atoms with van der Waals surface area (Å²) in [5, 5.41) is 11.8. The maximum Gasteiger partial charge on any atom is 0.233 e. The van der Waals surface area contributed by atoms with Crippen molar-refractivity contribution in [3.05, 3.63) is 36.7 Å². The molecule has 1 unspecified atom stereocenters. The molecule has 0 saturated heterocycles. The molecule has 1 aromatic carbocycles. The molecule has 0 aliphatic heterocycles. The minimum atomic E-state index is -0.188. The van der Waals surface area contributed by atoms with Gasteiger partial charge in [0.05, 0.1) is 5.25 Å². The van der Waals surface area contributed by atoms with E-state index in [0.29, 0.717) is 6.04 Å². The second-order valence-corrected chi connectivity index (χ2v) is 6.88. The average molecular weight is 316 g/mol. The lowest BCUT2D eigenvalue weighted by atomic mass is 10.2. The number of nitrogens with zero attached hydrogens (tertiary/aromatic N) is 3. The third kappa shape index (κ3) is 3.50. The van der Waals surface area contributed by atoms with Crippen LogP contribution >= 0.6 is 11.8 Å². The minimum absolute atomic E-state index is 0.0829. The van der Waals surface area contributed by atoms with Crippen LogP contribution in [0, 0.1) is 0 Å². The van der Waals surface area contributed by atoms with Crippen molar-refractivity contribution in [2.75, 3.05) is 0 Å². The first-order chi connectivity index (χ1) is 10.7. The van der Waals surface area contributed by atoms with E-state index in [4.69, 9.17) is 0 Å². The summed E-state index contributed by atoms with van der Waals surface area (Å²) < 4.78 is 1.91. The number of carbonyl (C=O) groups excluding carboxylic acids is 1. The summed E-state index contributed by atoms with van der Waals surface area (Å²) in [5.41, 5.74) is 0.999. The zero-order valence-electron chi connectivity index (χ0n) is 12.6. The summed E-state index contributed by atoms with van der Waals surface area (Å²) in [6, 6.07) is 10.3. The molecule has 1 amide bonds. The van der Waals surface area contributed by atoms with Gasteiger partial charge in [-0.2, -0.15) is 0 Å². The lowest BCUT2D eigenvalue weighted by molar-refractivity contribution is -0.120. The molecule has 6 heteroatoms. The molecule has 5 nitrogen and oxygen atoms in total. The van der Waals surface area contributed by atoms with E-state index in [1.54, 1.807) is 6.33 Å². The average Bonchev–Trinajstić information content (AvgIpc) is 3.19. The standard InChI is InChI=1S/C16H20N4OS/c1-12(15(21)18-13-7-5-6-8-13)22-16-19-17-11-20(16)14-9-3-2-4-10-14/h2-4,9-13H,5-8H2,1H3,(H,18,21). The van der Waals surface area contributed by atoms with E-state index in [-0.39, 0.29) is 11.2 Å². The Morgan fingerprint density at radius 2 is 2.05 bits per heavy atom. The van der Waals surface area contributed by atoms with Gasteiger partial charge in [0.2, 0.25) is 5.91 Å². The molecule has 1 aliphatic carbocycles. The molecule has 1 saturated carbocycles. The number of hydrogen-bond acceptors (Lipinski definition) is 4. The van der Waals surface area contributed by atoms with Gasteiger partial charge < -0.3 is 5.32 Å². The predicted octanol–water partition coefficient (Wildman–Crippen LogP) is 2.81. The molecule has 0 bridgehead atoms. The van der Waals surface area contributed by atoms with Crippen molar-refractivity contribution in [2.24, 2.45) is 0 Å². The molecule has 1 aromatic heterocycles. The van der Waals surface area contributed by atoms with Crippen LogP contribution in [-0.4, -0.2) is 32.0 Å². The van der Waals surface area contributed by atoms with Gasteiger partial charge in [0.15, 0.2) is 5.16 Å². The maximum absolute atomic E-state index is 12.3. The lowest BCUT2D eigenvalue weighted by Gasteiger charge is -2.16. The van der Waals surface area contributed by atoms with E-state index >= 15 is 0 Å². The highest BCUT2D eigenvalue weighted by atomic mass is 32.2. The molecule has 1 N–H and O–H groups in total. The quantitative estimate of drug-likeness (QED) is 0.862. The van der Waals surface area contributed by atoms with Crippen molar-refractivity contribution in [3.8, 4) is 5.69 Å². The summed E-state index contributed by atoms with van der Waals surface area (Å²) in [6.07, 6.45) is 6.31. The van der Waals surface area contributed by atoms with Gasteiger partial charge in [-0.15, -0.1) is 10.2 Å². The fourth-order valence-corrected chi connectivity index (χ4v) is 3.52. The molecule has 1 heterocycles. The van der Waals surface area contributed by atoms with Crippen LogP contribution in [0.25, 0.3) is 5.69 Å². The van der Waals surface area contributed by atoms with Crippen molar-refractivity contribution in [3.63, 3.8) is 0 Å². The van der Waals surface area contributed by atoms with Gasteiger partial charge in [-0.3, -0.25) is 9.36 Å². The van der Waals surface area contributed by atoms with E-state index in [2.05, 4.69) is 15.5 Å². The number of aromatic nitrogens is 3. The van der Waals surface area contributed by atoms with Gasteiger partial charge in [-0.25, -0.2) is 0 Å². The summed E-state index contributed by atoms with van der Waals surface area (Å²) in [4.78, 5) is 12.3. The predicted molar refractivity (Wildman–Crippen MR) is 87.1 cm³/mol. The largest absolute Gasteiger partial charge is 0.352 e. The van der Waals surface area contributed by atoms with E-state index < -0.39 is 0 Å². The highest BCUT2D eigenvalue weighted by molar-refractivity contribution is 8.00. The Balaban J connectivity index is 1.65. The van der Waals surface area contributed by atoms with Crippen LogP contribution in [0.4, 0.5) is 0 Å². The van der Waals surface area contributed by atoms with E-state index in [9.17, 15) is 4.79 Å². The summed E-state index contributed by atoms with van der Waals surface area (Å²) in [5.74, 6) is 0.0829. The maximum atomic E-state index is 12.3. The monoisotopic (exact) mass is 316 g/mol. The normalized spacial score (nSPS) is 16.6. The molecular weight excluding hydrogens is 296 g/mol. The summed E-state index contributed by atoms with van der Waals surface area (Å²) >= 11 is 1.44. The second kappa shape index (κ2) is 6.96. The van der Waals surface area contributed by atoms with Gasteiger partial charge in [0.1, 0.15) is 6.33 Å². The Bertz CT molecular complexity index is 622. The summed E-state index contributed by atoms with van der Waals surface area (Å²) in [7, 11) is 0. The van der Waals surface area contributed by atoms with Crippen LogP contribution in [0.1, 0.15) is 32.6 Å². The molecule has 1 atom stereocenters. The second-order valence-electron chi connectivity index (χ2n) is 5.57. The molecule has 3 rings (SSSR count). The van der Waals surface area contributed by atoms with E-state index in [1.807, 2.05) is 41.8 Å². The number of nitrogens with one attached hydrogen (secondary N) is 1. The van der Waals surface area contributed by atoms with Crippen LogP contribution in [0.3, 0.4) is 0 Å². The minimum Gasteiger partial charge on any atom is -0.352 e. The number of carbonyl (C=O) groups is 1. The number of hydrogen-bond donors (Lipinski definition) is 1. The first kappa shape index (κ1) is 15.1. The van der Waals surface area contributed by atoms with Crippen molar-refractivity contribution in [1.29, 1.82) is 0 Å². The summed E-state index contributed by atoms with van der Waals surface area (Å²) in [6.45, 7) is 1.92. The Hall–Kier alpha value is -1.82. The topological polar surface area (TPSA) is 59.8 Å². The Kier molecular flexibility index (Phi) is 4.77. The molecule has 22 heavy (non-hydrogen) atoms. The molecular formula is C16H20N4OS. The van der Waals surface area contributed by atoms with Gasteiger partial charge in [-0.05, 0) is 31.9 Å². The van der Waals surface area contributed by atoms with Gasteiger partial charge in [-0.1, -0.05) is 42.8 Å². The third-order valence-electron chi connectivity index (χ3n) is 3.90. The van der Waals surface area contributed by atoms with E-state index in [0.717, 1.165) is 23.7 Å². The Morgan fingerprint density at radius 1 is 1.32 bits per heavy atom. The Morgan fingerprint density at radius 3 is 2.77 bits per heavy atom. The molecule has 1 fully saturated rings. The molecule has 116 valence electrons. The lowest BCUT2D eigenvalue weighted by Crippen LogP contribution is -2.37. The number of amides is 1. The first-order valence-electron chi connectivity index (χ1n) is 7.66. The Labute approximate surface area is 134 Å². The smallest absolute Gasteiger partial charge is 0.233 e. The molecule has 0 spiro atoms. The number of benzene rings is 1. The van der Waals surface area contributed by atoms with Crippen LogP contribution in [0.5, 0.6) is 0 Å². The van der Waals surface area contributed by atoms with Crippen molar-refractivity contribution >= 4 is 17.7 Å². The van der Waals surface area contributed by atoms with Gasteiger partial charge >= 0.3 is 0 Å². The fourth-order valence-electron chi connectivity index (χ4n) is 2.67. The zero-order valence-corrected chi connectivity index (χ0v) is 13.4. The van der Waals surface area contributed by atoms with Crippen LogP contribution in [0.15, 0.2) is 41.8 Å². The highest BCUT2D eigenvalue weighted by Gasteiger charge is 2.22. The fraction of sp³-hybridized carbons (Fsp3) is 0.438. The highest BCUT2D eigenvalue weighted by Crippen LogP contribution is 2.25.